The fourth-order valence-corrected chi connectivity index (χ4v) is 4.34. The molecule has 0 saturated carbocycles. The van der Waals surface area contributed by atoms with E-state index in [1.54, 1.807) is 26.0 Å². The first kappa shape index (κ1) is 18.9. The maximum Gasteiger partial charge on any atom is 0.270 e. The van der Waals surface area contributed by atoms with Crippen LogP contribution in [0.2, 0.25) is 0 Å². The van der Waals surface area contributed by atoms with Crippen molar-refractivity contribution in [3.05, 3.63) is 63.7 Å². The van der Waals surface area contributed by atoms with Crippen molar-refractivity contribution in [2.75, 3.05) is 10.8 Å². The monoisotopic (exact) mass is 362 g/mol. The molecule has 0 amide bonds. The smallest absolute Gasteiger partial charge is 0.267 e. The van der Waals surface area contributed by atoms with Crippen LogP contribution in [0.3, 0.4) is 0 Å². The van der Waals surface area contributed by atoms with Gasteiger partial charge in [0.25, 0.3) is 15.7 Å². The zero-order valence-corrected chi connectivity index (χ0v) is 15.6. The molecule has 25 heavy (non-hydrogen) atoms. The van der Waals surface area contributed by atoms with Crippen molar-refractivity contribution in [1.82, 2.24) is 0 Å². The third-order valence-corrected chi connectivity index (χ3v) is 6.13. The molecule has 2 aromatic carbocycles. The summed E-state index contributed by atoms with van der Waals surface area (Å²) in [6, 6.07) is 11.2. The van der Waals surface area contributed by atoms with Crippen LogP contribution >= 0.6 is 0 Å². The summed E-state index contributed by atoms with van der Waals surface area (Å²) in [5.41, 5.74) is 1.89. The fourth-order valence-electron chi connectivity index (χ4n) is 2.62. The first-order valence-electron chi connectivity index (χ1n) is 8.06. The van der Waals surface area contributed by atoms with Gasteiger partial charge in [-0.3, -0.25) is 14.4 Å². The summed E-state index contributed by atoms with van der Waals surface area (Å²) in [5.74, 6) is 0.347. The van der Waals surface area contributed by atoms with Crippen LogP contribution in [0.5, 0.6) is 0 Å². The molecule has 134 valence electrons. The van der Waals surface area contributed by atoms with Gasteiger partial charge < -0.3 is 0 Å². The Bertz CT molecular complexity index is 874. The van der Waals surface area contributed by atoms with Crippen LogP contribution in [0.4, 0.5) is 11.4 Å². The highest BCUT2D eigenvalue weighted by Gasteiger charge is 2.27. The first-order valence-corrected chi connectivity index (χ1v) is 9.50. The number of anilines is 1. The standard InChI is InChI=1S/C18H22N2O4S/c1-5-19(16-10-7-15(8-11-16)13(2)3)25(23,24)18-12-17(20(21)22)9-6-14(18)4/h6-13H,5H2,1-4H3. The van der Waals surface area contributed by atoms with E-state index in [9.17, 15) is 18.5 Å². The lowest BCUT2D eigenvalue weighted by atomic mass is 10.0. The van der Waals surface area contributed by atoms with Gasteiger partial charge in [0.2, 0.25) is 0 Å². The molecule has 0 aromatic heterocycles. The van der Waals surface area contributed by atoms with Crippen LogP contribution in [-0.2, 0) is 10.0 Å². The van der Waals surface area contributed by atoms with Crippen LogP contribution in [0.1, 0.15) is 37.8 Å². The van der Waals surface area contributed by atoms with Crippen LogP contribution in [-0.4, -0.2) is 19.9 Å². The maximum atomic E-state index is 13.1. The van der Waals surface area contributed by atoms with Crippen molar-refractivity contribution >= 4 is 21.4 Å². The van der Waals surface area contributed by atoms with E-state index in [1.165, 1.54) is 16.4 Å². The van der Waals surface area contributed by atoms with Crippen LogP contribution in [0.25, 0.3) is 0 Å². The third kappa shape index (κ3) is 3.82. The number of non-ortho nitro benzene ring substituents is 1. The van der Waals surface area contributed by atoms with Gasteiger partial charge in [-0.15, -0.1) is 0 Å². The molecule has 0 aliphatic rings. The molecule has 0 atom stereocenters. The van der Waals surface area contributed by atoms with Gasteiger partial charge in [-0.2, -0.15) is 0 Å². The van der Waals surface area contributed by atoms with Gasteiger partial charge in [0.1, 0.15) is 0 Å². The number of nitrogens with zero attached hydrogens (tertiary/aromatic N) is 2. The first-order chi connectivity index (χ1) is 11.7. The van der Waals surface area contributed by atoms with Gasteiger partial charge in [0.05, 0.1) is 15.5 Å². The number of benzene rings is 2. The molecule has 7 heteroatoms. The zero-order chi connectivity index (χ0) is 18.8. The lowest BCUT2D eigenvalue weighted by molar-refractivity contribution is -0.385. The number of hydrogen-bond donors (Lipinski definition) is 0. The molecule has 0 bridgehead atoms. The van der Waals surface area contributed by atoms with E-state index in [2.05, 4.69) is 13.8 Å². The Kier molecular flexibility index (Phi) is 5.47. The number of nitro groups is 1. The summed E-state index contributed by atoms with van der Waals surface area (Å²) in [5, 5.41) is 11.0. The summed E-state index contributed by atoms with van der Waals surface area (Å²) in [4.78, 5) is 10.4. The van der Waals surface area contributed by atoms with Gasteiger partial charge in [-0.25, -0.2) is 8.42 Å². The molecule has 6 nitrogen and oxygen atoms in total. The Morgan fingerprint density at radius 3 is 2.20 bits per heavy atom. The van der Waals surface area contributed by atoms with Crippen molar-refractivity contribution in [3.8, 4) is 0 Å². The molecule has 0 heterocycles. The minimum atomic E-state index is -3.90. The SMILES string of the molecule is CCN(c1ccc(C(C)C)cc1)S(=O)(=O)c1cc([N+](=O)[O-])ccc1C. The minimum absolute atomic E-state index is 0.0449. The highest BCUT2D eigenvalue weighted by molar-refractivity contribution is 7.92. The van der Waals surface area contributed by atoms with Crippen molar-refractivity contribution in [2.45, 2.75) is 38.5 Å². The Labute approximate surface area is 148 Å². The van der Waals surface area contributed by atoms with E-state index < -0.39 is 14.9 Å². The van der Waals surface area contributed by atoms with Gasteiger partial charge >= 0.3 is 0 Å². The molecule has 0 saturated heterocycles. The lowest BCUT2D eigenvalue weighted by Gasteiger charge is -2.24. The van der Waals surface area contributed by atoms with E-state index in [0.717, 1.165) is 11.6 Å². The van der Waals surface area contributed by atoms with E-state index in [0.29, 0.717) is 17.2 Å². The molecule has 0 radical (unpaired) electrons. The second-order valence-corrected chi connectivity index (χ2v) is 7.95. The predicted octanol–water partition coefficient (Wildman–Crippen LogP) is 4.24. The number of sulfonamides is 1. The summed E-state index contributed by atoms with van der Waals surface area (Å²) in [6.45, 7) is 7.73. The average Bonchev–Trinajstić information content (AvgIpc) is 2.55. The van der Waals surface area contributed by atoms with Gasteiger partial charge in [0, 0.05) is 18.7 Å². The highest BCUT2D eigenvalue weighted by atomic mass is 32.2. The Hall–Kier alpha value is -2.41. The Morgan fingerprint density at radius 2 is 1.72 bits per heavy atom. The van der Waals surface area contributed by atoms with Crippen LogP contribution in [0, 0.1) is 17.0 Å². The molecule has 0 fully saturated rings. The molecule has 0 N–H and O–H groups in total. The second kappa shape index (κ2) is 7.23. The minimum Gasteiger partial charge on any atom is -0.267 e. The van der Waals surface area contributed by atoms with E-state index in [-0.39, 0.29) is 17.1 Å². The van der Waals surface area contributed by atoms with Crippen molar-refractivity contribution in [3.63, 3.8) is 0 Å². The molecule has 0 unspecified atom stereocenters. The van der Waals surface area contributed by atoms with Crippen LogP contribution < -0.4 is 4.31 Å². The van der Waals surface area contributed by atoms with E-state index in [4.69, 9.17) is 0 Å². The zero-order valence-electron chi connectivity index (χ0n) is 14.8. The second-order valence-electron chi connectivity index (χ2n) is 6.12. The third-order valence-electron chi connectivity index (χ3n) is 4.09. The molecule has 0 aliphatic carbocycles. The van der Waals surface area contributed by atoms with Gasteiger partial charge in [0.15, 0.2) is 0 Å². The van der Waals surface area contributed by atoms with Crippen molar-refractivity contribution in [2.24, 2.45) is 0 Å². The summed E-state index contributed by atoms with van der Waals surface area (Å²) in [7, 11) is -3.90. The number of hydrogen-bond acceptors (Lipinski definition) is 4. The van der Waals surface area contributed by atoms with E-state index in [1.807, 2.05) is 12.1 Å². The fraction of sp³-hybridized carbons (Fsp3) is 0.333. The summed E-state index contributed by atoms with van der Waals surface area (Å²) in [6.07, 6.45) is 0. The molecular formula is C18H22N2O4S. The molecular weight excluding hydrogens is 340 g/mol. The maximum absolute atomic E-state index is 13.1. The summed E-state index contributed by atoms with van der Waals surface area (Å²) >= 11 is 0. The van der Waals surface area contributed by atoms with E-state index >= 15 is 0 Å². The van der Waals surface area contributed by atoms with Crippen molar-refractivity contribution < 1.29 is 13.3 Å². The number of rotatable bonds is 6. The average molecular weight is 362 g/mol. The number of nitro benzene ring substituents is 1. The topological polar surface area (TPSA) is 80.5 Å². The molecule has 2 rings (SSSR count). The highest BCUT2D eigenvalue weighted by Crippen LogP contribution is 2.29. The van der Waals surface area contributed by atoms with Gasteiger partial charge in [-0.05, 0) is 43.0 Å². The normalized spacial score (nSPS) is 11.6. The van der Waals surface area contributed by atoms with Crippen LogP contribution in [0.15, 0.2) is 47.4 Å². The molecule has 0 aliphatic heterocycles. The predicted molar refractivity (Wildman–Crippen MR) is 98.6 cm³/mol. The molecule has 0 spiro atoms. The molecule has 2 aromatic rings. The lowest BCUT2D eigenvalue weighted by Crippen LogP contribution is -2.31. The van der Waals surface area contributed by atoms with Gasteiger partial charge in [-0.1, -0.05) is 32.0 Å². The van der Waals surface area contributed by atoms with Crippen molar-refractivity contribution in [1.29, 1.82) is 0 Å². The quantitative estimate of drug-likeness (QED) is 0.568. The number of aryl methyl sites for hydroxylation is 1. The Morgan fingerprint density at radius 1 is 1.12 bits per heavy atom. The Balaban J connectivity index is 2.52. The summed E-state index contributed by atoms with van der Waals surface area (Å²) < 4.78 is 27.4. The largest absolute Gasteiger partial charge is 0.270 e.